The molecule has 0 amide bonds. The molecule has 2 heteroatoms. The minimum atomic E-state index is -0.127. The zero-order valence-corrected chi connectivity index (χ0v) is 9.66. The average molecular weight is 204 g/mol. The minimum absolute atomic E-state index is 0.127. The van der Waals surface area contributed by atoms with Gasteiger partial charge in [0.2, 0.25) is 0 Å². The summed E-state index contributed by atoms with van der Waals surface area (Å²) in [5.41, 5.74) is 8.62. The highest BCUT2D eigenvalue weighted by Gasteiger charge is 2.32. The van der Waals surface area contributed by atoms with E-state index in [4.69, 9.17) is 5.73 Å². The van der Waals surface area contributed by atoms with E-state index in [-0.39, 0.29) is 5.54 Å². The second-order valence-corrected chi connectivity index (χ2v) is 5.05. The topological polar surface area (TPSA) is 38.9 Å². The molecule has 1 aliphatic carbocycles. The number of nitrogens with two attached hydrogens (primary N) is 1. The van der Waals surface area contributed by atoms with E-state index in [0.29, 0.717) is 0 Å². The quantitative estimate of drug-likeness (QED) is 0.764. The van der Waals surface area contributed by atoms with Crippen molar-refractivity contribution in [2.75, 3.05) is 0 Å². The van der Waals surface area contributed by atoms with Crippen molar-refractivity contribution in [1.82, 2.24) is 4.98 Å². The standard InChI is InChI=1S/C13H20N2/c1-10-4-3-7-13(14,8-10)12-6-5-11(2)15-9-12/h5-6,9-10H,3-4,7-8,14H2,1-2H3. The SMILES string of the molecule is Cc1ccc(C2(N)CCCC(C)C2)cn1. The molecule has 0 spiro atoms. The molecule has 0 saturated heterocycles. The Labute approximate surface area is 91.9 Å². The van der Waals surface area contributed by atoms with Crippen LogP contribution >= 0.6 is 0 Å². The fourth-order valence-corrected chi connectivity index (χ4v) is 2.62. The van der Waals surface area contributed by atoms with E-state index in [1.807, 2.05) is 13.1 Å². The van der Waals surface area contributed by atoms with Gasteiger partial charge in [-0.1, -0.05) is 25.8 Å². The first-order valence-corrected chi connectivity index (χ1v) is 5.82. The minimum Gasteiger partial charge on any atom is -0.321 e. The van der Waals surface area contributed by atoms with Crippen LogP contribution in [0.1, 0.15) is 43.9 Å². The van der Waals surface area contributed by atoms with Crippen LogP contribution in [0.2, 0.25) is 0 Å². The Balaban J connectivity index is 2.24. The molecule has 2 atom stereocenters. The third-order valence-electron chi connectivity index (χ3n) is 3.52. The fourth-order valence-electron chi connectivity index (χ4n) is 2.62. The number of aryl methyl sites for hydroxylation is 1. The molecule has 2 rings (SSSR count). The summed E-state index contributed by atoms with van der Waals surface area (Å²) >= 11 is 0. The van der Waals surface area contributed by atoms with E-state index >= 15 is 0 Å². The van der Waals surface area contributed by atoms with Crippen molar-refractivity contribution in [3.05, 3.63) is 29.6 Å². The van der Waals surface area contributed by atoms with E-state index in [1.165, 1.54) is 18.4 Å². The number of hydrogen-bond donors (Lipinski definition) is 1. The van der Waals surface area contributed by atoms with Gasteiger partial charge in [0, 0.05) is 17.4 Å². The van der Waals surface area contributed by atoms with Crippen LogP contribution in [-0.2, 0) is 5.54 Å². The summed E-state index contributed by atoms with van der Waals surface area (Å²) in [5, 5.41) is 0. The molecule has 1 fully saturated rings. The Hall–Kier alpha value is -0.890. The van der Waals surface area contributed by atoms with Gasteiger partial charge in [-0.15, -0.1) is 0 Å². The van der Waals surface area contributed by atoms with Gasteiger partial charge in [-0.25, -0.2) is 0 Å². The van der Waals surface area contributed by atoms with Gasteiger partial charge in [0.05, 0.1) is 0 Å². The first kappa shape index (κ1) is 10.6. The lowest BCUT2D eigenvalue weighted by Crippen LogP contribution is -2.41. The maximum Gasteiger partial charge on any atom is 0.0427 e. The van der Waals surface area contributed by atoms with Crippen LogP contribution in [0.4, 0.5) is 0 Å². The average Bonchev–Trinajstić information content (AvgIpc) is 2.18. The van der Waals surface area contributed by atoms with Crippen LogP contribution in [0.15, 0.2) is 18.3 Å². The van der Waals surface area contributed by atoms with E-state index < -0.39 is 0 Å². The van der Waals surface area contributed by atoms with Gasteiger partial charge in [-0.3, -0.25) is 4.98 Å². The lowest BCUT2D eigenvalue weighted by Gasteiger charge is -2.37. The molecule has 1 aromatic rings. The highest BCUT2D eigenvalue weighted by molar-refractivity contribution is 5.23. The number of pyridine rings is 1. The Kier molecular flexibility index (Phi) is 2.79. The largest absolute Gasteiger partial charge is 0.321 e. The smallest absolute Gasteiger partial charge is 0.0427 e. The first-order chi connectivity index (χ1) is 7.10. The predicted octanol–water partition coefficient (Wildman–Crippen LogP) is 2.75. The van der Waals surface area contributed by atoms with Gasteiger partial charge >= 0.3 is 0 Å². The molecule has 0 bridgehead atoms. The van der Waals surface area contributed by atoms with Crippen LogP contribution in [0, 0.1) is 12.8 Å². The summed E-state index contributed by atoms with van der Waals surface area (Å²) < 4.78 is 0. The summed E-state index contributed by atoms with van der Waals surface area (Å²) in [5.74, 6) is 0.741. The second kappa shape index (κ2) is 3.93. The van der Waals surface area contributed by atoms with Crippen molar-refractivity contribution in [2.45, 2.75) is 45.1 Å². The lowest BCUT2D eigenvalue weighted by atomic mass is 9.73. The van der Waals surface area contributed by atoms with Crippen LogP contribution in [0.25, 0.3) is 0 Å². The third kappa shape index (κ3) is 2.20. The summed E-state index contributed by atoms with van der Waals surface area (Å²) in [6, 6.07) is 4.20. The molecule has 2 unspecified atom stereocenters. The van der Waals surface area contributed by atoms with Crippen LogP contribution in [-0.4, -0.2) is 4.98 Å². The van der Waals surface area contributed by atoms with E-state index in [0.717, 1.165) is 24.5 Å². The predicted molar refractivity (Wildman–Crippen MR) is 62.5 cm³/mol. The van der Waals surface area contributed by atoms with Crippen molar-refractivity contribution < 1.29 is 0 Å². The molecule has 0 radical (unpaired) electrons. The molecule has 0 aliphatic heterocycles. The van der Waals surface area contributed by atoms with E-state index in [2.05, 4.69) is 24.0 Å². The first-order valence-electron chi connectivity index (χ1n) is 5.82. The Morgan fingerprint density at radius 3 is 2.87 bits per heavy atom. The highest BCUT2D eigenvalue weighted by Crippen LogP contribution is 2.37. The fraction of sp³-hybridized carbons (Fsp3) is 0.615. The van der Waals surface area contributed by atoms with Crippen LogP contribution < -0.4 is 5.73 Å². The Morgan fingerprint density at radius 1 is 1.47 bits per heavy atom. The van der Waals surface area contributed by atoms with Crippen molar-refractivity contribution in [3.8, 4) is 0 Å². The van der Waals surface area contributed by atoms with Gasteiger partial charge in [0.1, 0.15) is 0 Å². The molecule has 2 nitrogen and oxygen atoms in total. The molecular weight excluding hydrogens is 184 g/mol. The Morgan fingerprint density at radius 2 is 2.27 bits per heavy atom. The number of nitrogens with zero attached hydrogens (tertiary/aromatic N) is 1. The van der Waals surface area contributed by atoms with Crippen LogP contribution in [0.5, 0.6) is 0 Å². The van der Waals surface area contributed by atoms with Crippen molar-refractivity contribution in [3.63, 3.8) is 0 Å². The molecule has 82 valence electrons. The summed E-state index contributed by atoms with van der Waals surface area (Å²) in [6.45, 7) is 4.30. The van der Waals surface area contributed by atoms with Gasteiger partial charge < -0.3 is 5.73 Å². The van der Waals surface area contributed by atoms with E-state index in [9.17, 15) is 0 Å². The molecule has 1 saturated carbocycles. The lowest BCUT2D eigenvalue weighted by molar-refractivity contribution is 0.238. The van der Waals surface area contributed by atoms with E-state index in [1.54, 1.807) is 0 Å². The molecule has 1 aromatic heterocycles. The molecule has 0 aromatic carbocycles. The molecule has 2 N–H and O–H groups in total. The van der Waals surface area contributed by atoms with Gasteiger partial charge in [0.15, 0.2) is 0 Å². The number of hydrogen-bond acceptors (Lipinski definition) is 2. The van der Waals surface area contributed by atoms with Gasteiger partial charge in [-0.2, -0.15) is 0 Å². The van der Waals surface area contributed by atoms with Crippen molar-refractivity contribution in [2.24, 2.45) is 11.7 Å². The summed E-state index contributed by atoms with van der Waals surface area (Å²) in [7, 11) is 0. The maximum absolute atomic E-state index is 6.48. The maximum atomic E-state index is 6.48. The van der Waals surface area contributed by atoms with Crippen LogP contribution in [0.3, 0.4) is 0 Å². The van der Waals surface area contributed by atoms with Gasteiger partial charge in [0.25, 0.3) is 0 Å². The molecule has 1 heterocycles. The summed E-state index contributed by atoms with van der Waals surface area (Å²) in [6.07, 6.45) is 6.71. The zero-order chi connectivity index (χ0) is 10.9. The summed E-state index contributed by atoms with van der Waals surface area (Å²) in [4.78, 5) is 4.34. The Bertz CT molecular complexity index is 331. The highest BCUT2D eigenvalue weighted by atomic mass is 14.8. The van der Waals surface area contributed by atoms with Crippen molar-refractivity contribution in [1.29, 1.82) is 0 Å². The number of aromatic nitrogens is 1. The normalized spacial score (nSPS) is 31.5. The monoisotopic (exact) mass is 204 g/mol. The molecule has 1 aliphatic rings. The molecule has 15 heavy (non-hydrogen) atoms. The van der Waals surface area contributed by atoms with Crippen molar-refractivity contribution >= 4 is 0 Å². The number of rotatable bonds is 1. The second-order valence-electron chi connectivity index (χ2n) is 5.05. The third-order valence-corrected chi connectivity index (χ3v) is 3.52. The zero-order valence-electron chi connectivity index (χ0n) is 9.66. The van der Waals surface area contributed by atoms with Gasteiger partial charge in [-0.05, 0) is 37.3 Å². The molecular formula is C13H20N2.